The van der Waals surface area contributed by atoms with Crippen molar-refractivity contribution in [1.29, 1.82) is 0 Å². The number of fused-ring (bicyclic) bond motifs is 1. The van der Waals surface area contributed by atoms with Crippen LogP contribution in [0.3, 0.4) is 0 Å². The summed E-state index contributed by atoms with van der Waals surface area (Å²) in [7, 11) is 4.07. The maximum absolute atomic E-state index is 12.6. The summed E-state index contributed by atoms with van der Waals surface area (Å²) in [5.41, 5.74) is 3.76. The maximum Gasteiger partial charge on any atom is 0.329 e. The smallest absolute Gasteiger partial charge is 0.329 e. The zero-order chi connectivity index (χ0) is 19.4. The Balaban J connectivity index is 1.67. The molecule has 0 saturated carbocycles. The fraction of sp³-hybridized carbons (Fsp3) is 0.333. The Hall–Kier alpha value is -2.86. The van der Waals surface area contributed by atoms with E-state index < -0.39 is 0 Å². The van der Waals surface area contributed by atoms with E-state index in [-0.39, 0.29) is 18.1 Å². The van der Waals surface area contributed by atoms with Crippen LogP contribution in [-0.2, 0) is 31.0 Å². The number of carbonyl (C=O) groups excluding carboxylic acids is 1. The molecule has 0 fully saturated rings. The molecule has 1 amide bonds. The molecule has 2 aromatic carbocycles. The summed E-state index contributed by atoms with van der Waals surface area (Å²) in [6.07, 6.45) is 0. The zero-order valence-corrected chi connectivity index (χ0v) is 16.1. The molecule has 1 heterocycles. The minimum absolute atomic E-state index is 0.0189. The first kappa shape index (κ1) is 18.9. The summed E-state index contributed by atoms with van der Waals surface area (Å²) in [5, 5.41) is 2.91. The molecule has 0 aliphatic heterocycles. The third kappa shape index (κ3) is 4.28. The second-order valence-electron chi connectivity index (χ2n) is 6.93. The van der Waals surface area contributed by atoms with Crippen molar-refractivity contribution in [1.82, 2.24) is 19.4 Å². The number of nitrogens with zero attached hydrogens (tertiary/aromatic N) is 3. The van der Waals surface area contributed by atoms with Gasteiger partial charge in [0.2, 0.25) is 5.91 Å². The zero-order valence-electron chi connectivity index (χ0n) is 16.1. The summed E-state index contributed by atoms with van der Waals surface area (Å²) >= 11 is 0. The summed E-state index contributed by atoms with van der Waals surface area (Å²) in [6.45, 7) is 3.86. The van der Waals surface area contributed by atoms with Crippen LogP contribution < -0.4 is 11.0 Å². The normalized spacial score (nSPS) is 11.3. The van der Waals surface area contributed by atoms with Gasteiger partial charge in [-0.25, -0.2) is 4.79 Å². The molecule has 3 aromatic rings. The molecule has 1 aromatic heterocycles. The molecule has 1 N–H and O–H groups in total. The van der Waals surface area contributed by atoms with Crippen LogP contribution in [0.1, 0.15) is 18.1 Å². The van der Waals surface area contributed by atoms with Gasteiger partial charge in [0.25, 0.3) is 0 Å². The number of benzene rings is 2. The van der Waals surface area contributed by atoms with Gasteiger partial charge in [0.15, 0.2) is 0 Å². The number of nitrogens with one attached hydrogen (secondary N) is 1. The predicted octanol–water partition coefficient (Wildman–Crippen LogP) is 2.20. The quantitative estimate of drug-likeness (QED) is 0.697. The van der Waals surface area contributed by atoms with E-state index in [9.17, 15) is 9.59 Å². The SMILES string of the molecule is CCn1c(=O)n(CC(=O)NCc2ccc(CN(C)C)cc2)c2ccccc21. The summed E-state index contributed by atoms with van der Waals surface area (Å²) < 4.78 is 3.22. The van der Waals surface area contributed by atoms with Gasteiger partial charge in [-0.1, -0.05) is 36.4 Å². The van der Waals surface area contributed by atoms with E-state index in [1.807, 2.05) is 57.4 Å². The van der Waals surface area contributed by atoms with Crippen LogP contribution in [0, 0.1) is 0 Å². The lowest BCUT2D eigenvalue weighted by molar-refractivity contribution is -0.121. The number of hydrogen-bond acceptors (Lipinski definition) is 3. The molecule has 0 aliphatic carbocycles. The average Bonchev–Trinajstić information content (AvgIpc) is 2.92. The molecular weight excluding hydrogens is 340 g/mol. The first-order valence-electron chi connectivity index (χ1n) is 9.17. The Morgan fingerprint density at radius 3 is 2.15 bits per heavy atom. The Kier molecular flexibility index (Phi) is 5.76. The van der Waals surface area contributed by atoms with Crippen LogP contribution in [0.2, 0.25) is 0 Å². The van der Waals surface area contributed by atoms with Crippen LogP contribution in [0.5, 0.6) is 0 Å². The number of amides is 1. The van der Waals surface area contributed by atoms with Crippen LogP contribution >= 0.6 is 0 Å². The van der Waals surface area contributed by atoms with Crippen molar-refractivity contribution in [2.24, 2.45) is 0 Å². The molecule has 0 radical (unpaired) electrons. The predicted molar refractivity (Wildman–Crippen MR) is 108 cm³/mol. The molecule has 0 bridgehead atoms. The van der Waals surface area contributed by atoms with Gasteiger partial charge in [-0.3, -0.25) is 13.9 Å². The highest BCUT2D eigenvalue weighted by atomic mass is 16.2. The van der Waals surface area contributed by atoms with Crippen molar-refractivity contribution in [2.75, 3.05) is 14.1 Å². The fourth-order valence-electron chi connectivity index (χ4n) is 3.26. The van der Waals surface area contributed by atoms with E-state index in [2.05, 4.69) is 22.3 Å². The number of aryl methyl sites for hydroxylation is 1. The lowest BCUT2D eigenvalue weighted by atomic mass is 10.1. The Morgan fingerprint density at radius 1 is 0.963 bits per heavy atom. The first-order chi connectivity index (χ1) is 13.0. The molecule has 27 heavy (non-hydrogen) atoms. The molecule has 3 rings (SSSR count). The van der Waals surface area contributed by atoms with Crippen molar-refractivity contribution in [3.8, 4) is 0 Å². The van der Waals surface area contributed by atoms with E-state index >= 15 is 0 Å². The molecule has 0 atom stereocenters. The van der Waals surface area contributed by atoms with Gasteiger partial charge in [0.05, 0.1) is 11.0 Å². The highest BCUT2D eigenvalue weighted by Gasteiger charge is 2.14. The summed E-state index contributed by atoms with van der Waals surface area (Å²) in [5.74, 6) is -0.173. The van der Waals surface area contributed by atoms with Gasteiger partial charge in [-0.15, -0.1) is 0 Å². The number of rotatable bonds is 7. The Bertz CT molecular complexity index is 984. The Labute approximate surface area is 159 Å². The van der Waals surface area contributed by atoms with E-state index in [4.69, 9.17) is 0 Å². The van der Waals surface area contributed by atoms with Crippen LogP contribution in [0.15, 0.2) is 53.3 Å². The topological polar surface area (TPSA) is 59.3 Å². The number of hydrogen-bond donors (Lipinski definition) is 1. The van der Waals surface area contributed by atoms with E-state index in [1.54, 1.807) is 4.57 Å². The van der Waals surface area contributed by atoms with Gasteiger partial charge in [-0.2, -0.15) is 0 Å². The lowest BCUT2D eigenvalue weighted by Crippen LogP contribution is -2.32. The third-order valence-corrected chi connectivity index (χ3v) is 4.55. The molecule has 0 spiro atoms. The number of para-hydroxylation sites is 2. The molecule has 142 valence electrons. The van der Waals surface area contributed by atoms with Gasteiger partial charge >= 0.3 is 5.69 Å². The van der Waals surface area contributed by atoms with Gasteiger partial charge in [0, 0.05) is 19.6 Å². The minimum atomic E-state index is -0.173. The summed E-state index contributed by atoms with van der Waals surface area (Å²) in [6, 6.07) is 15.7. The second-order valence-corrected chi connectivity index (χ2v) is 6.93. The summed E-state index contributed by atoms with van der Waals surface area (Å²) in [4.78, 5) is 27.1. The maximum atomic E-state index is 12.6. The standard InChI is InChI=1S/C21H26N4O2/c1-4-24-18-7-5-6-8-19(18)25(21(24)27)15-20(26)22-13-16-9-11-17(12-10-16)14-23(2)3/h5-12H,4,13-15H2,1-3H3,(H,22,26). The molecular formula is C21H26N4O2. The van der Waals surface area contributed by atoms with Gasteiger partial charge in [-0.05, 0) is 44.3 Å². The van der Waals surface area contributed by atoms with Crippen molar-refractivity contribution in [3.05, 3.63) is 70.1 Å². The fourth-order valence-corrected chi connectivity index (χ4v) is 3.26. The number of carbonyl (C=O) groups is 1. The van der Waals surface area contributed by atoms with Crippen molar-refractivity contribution < 1.29 is 4.79 Å². The molecule has 0 aliphatic rings. The molecule has 0 unspecified atom stereocenters. The van der Waals surface area contributed by atoms with E-state index in [0.717, 1.165) is 23.1 Å². The highest BCUT2D eigenvalue weighted by Crippen LogP contribution is 2.12. The van der Waals surface area contributed by atoms with Crippen LogP contribution in [0.25, 0.3) is 11.0 Å². The Morgan fingerprint density at radius 2 is 1.56 bits per heavy atom. The number of aromatic nitrogens is 2. The first-order valence-corrected chi connectivity index (χ1v) is 9.17. The number of imidazole rings is 1. The average molecular weight is 366 g/mol. The minimum Gasteiger partial charge on any atom is -0.350 e. The third-order valence-electron chi connectivity index (χ3n) is 4.55. The van der Waals surface area contributed by atoms with Crippen molar-refractivity contribution >= 4 is 16.9 Å². The van der Waals surface area contributed by atoms with Gasteiger partial charge in [0.1, 0.15) is 6.54 Å². The highest BCUT2D eigenvalue weighted by molar-refractivity contribution is 5.80. The van der Waals surface area contributed by atoms with Crippen LogP contribution in [0.4, 0.5) is 0 Å². The molecule has 0 saturated heterocycles. The largest absolute Gasteiger partial charge is 0.350 e. The van der Waals surface area contributed by atoms with E-state index in [1.165, 1.54) is 10.1 Å². The van der Waals surface area contributed by atoms with Crippen molar-refractivity contribution in [2.45, 2.75) is 33.1 Å². The molecule has 6 heteroatoms. The van der Waals surface area contributed by atoms with Crippen LogP contribution in [-0.4, -0.2) is 34.0 Å². The van der Waals surface area contributed by atoms with E-state index in [0.29, 0.717) is 13.1 Å². The molecule has 6 nitrogen and oxygen atoms in total. The van der Waals surface area contributed by atoms with Crippen molar-refractivity contribution in [3.63, 3.8) is 0 Å². The van der Waals surface area contributed by atoms with Gasteiger partial charge < -0.3 is 10.2 Å². The second kappa shape index (κ2) is 8.22. The lowest BCUT2D eigenvalue weighted by Gasteiger charge is -2.10. The monoisotopic (exact) mass is 366 g/mol.